The highest BCUT2D eigenvalue weighted by Crippen LogP contribution is 2.37. The van der Waals surface area contributed by atoms with Crippen LogP contribution in [0.2, 0.25) is 10.0 Å². The maximum Gasteiger partial charge on any atom is 0.298 e. The zero-order valence-electron chi connectivity index (χ0n) is 10.7. The van der Waals surface area contributed by atoms with Gasteiger partial charge in [-0.1, -0.05) is 23.2 Å². The fourth-order valence-corrected chi connectivity index (χ4v) is 3.40. The van der Waals surface area contributed by atoms with Crippen LogP contribution in [0.5, 0.6) is 0 Å². The average Bonchev–Trinajstić information content (AvgIpc) is 2.98. The molecule has 1 saturated heterocycles. The number of furan rings is 1. The first-order valence-corrected chi connectivity index (χ1v) is 8.59. The summed E-state index contributed by atoms with van der Waals surface area (Å²) in [4.78, 5) is 25.9. The maximum absolute atomic E-state index is 12.4. The number of halogens is 3. The Morgan fingerprint density at radius 2 is 1.91 bits per heavy atom. The molecular formula is C14H6Cl2INO3S. The van der Waals surface area contributed by atoms with E-state index in [0.717, 1.165) is 16.7 Å². The van der Waals surface area contributed by atoms with Gasteiger partial charge in [0.25, 0.3) is 11.1 Å². The minimum Gasteiger partial charge on any atom is -0.451 e. The number of amides is 2. The Morgan fingerprint density at radius 3 is 2.55 bits per heavy atom. The number of hydrogen-bond acceptors (Lipinski definition) is 4. The van der Waals surface area contributed by atoms with Gasteiger partial charge in [-0.05, 0) is 64.7 Å². The molecule has 3 rings (SSSR count). The van der Waals surface area contributed by atoms with E-state index in [2.05, 4.69) is 0 Å². The van der Waals surface area contributed by atoms with E-state index in [4.69, 9.17) is 27.6 Å². The molecule has 0 atom stereocenters. The minimum atomic E-state index is -0.417. The molecular weight excluding hydrogens is 460 g/mol. The Morgan fingerprint density at radius 1 is 1.14 bits per heavy atom. The summed E-state index contributed by atoms with van der Waals surface area (Å²) < 4.78 is 6.08. The van der Waals surface area contributed by atoms with Crippen LogP contribution in [-0.4, -0.2) is 11.1 Å². The third-order valence-electron chi connectivity index (χ3n) is 2.82. The zero-order valence-corrected chi connectivity index (χ0v) is 15.2. The van der Waals surface area contributed by atoms with Gasteiger partial charge in [0, 0.05) is 6.08 Å². The monoisotopic (exact) mass is 465 g/mol. The zero-order chi connectivity index (χ0) is 15.9. The first-order chi connectivity index (χ1) is 10.5. The predicted octanol–water partition coefficient (Wildman–Crippen LogP) is 5.43. The molecule has 0 N–H and O–H groups in total. The van der Waals surface area contributed by atoms with Gasteiger partial charge in [0.2, 0.25) is 0 Å². The summed E-state index contributed by atoms with van der Waals surface area (Å²) in [5.41, 5.74) is 0.384. The summed E-state index contributed by atoms with van der Waals surface area (Å²) in [7, 11) is 0. The van der Waals surface area contributed by atoms with E-state index >= 15 is 0 Å². The lowest BCUT2D eigenvalue weighted by Gasteiger charge is -2.12. The molecule has 2 heterocycles. The fourth-order valence-electron chi connectivity index (χ4n) is 1.85. The normalized spacial score (nSPS) is 16.9. The van der Waals surface area contributed by atoms with Crippen molar-refractivity contribution in [1.82, 2.24) is 0 Å². The summed E-state index contributed by atoms with van der Waals surface area (Å²) >= 11 is 14.7. The third kappa shape index (κ3) is 3.05. The molecule has 1 aliphatic heterocycles. The number of imide groups is 1. The van der Waals surface area contributed by atoms with E-state index in [1.807, 2.05) is 22.6 Å². The molecule has 0 unspecified atom stereocenters. The van der Waals surface area contributed by atoms with Gasteiger partial charge < -0.3 is 4.42 Å². The van der Waals surface area contributed by atoms with Gasteiger partial charge in [-0.15, -0.1) is 0 Å². The largest absolute Gasteiger partial charge is 0.451 e. The molecule has 4 nitrogen and oxygen atoms in total. The summed E-state index contributed by atoms with van der Waals surface area (Å²) in [5.74, 6) is 0.101. The van der Waals surface area contributed by atoms with Crippen molar-refractivity contribution in [3.05, 3.63) is 54.8 Å². The first kappa shape index (κ1) is 15.9. The lowest BCUT2D eigenvalue weighted by molar-refractivity contribution is -0.113. The minimum absolute atomic E-state index is 0.280. The van der Waals surface area contributed by atoms with Gasteiger partial charge >= 0.3 is 0 Å². The summed E-state index contributed by atoms with van der Waals surface area (Å²) in [6, 6.07) is 8.11. The highest BCUT2D eigenvalue weighted by molar-refractivity contribution is 14.1. The van der Waals surface area contributed by atoms with Gasteiger partial charge in [0.05, 0.1) is 20.6 Å². The number of rotatable bonds is 2. The van der Waals surface area contributed by atoms with E-state index in [1.165, 1.54) is 6.07 Å². The Labute approximate surface area is 153 Å². The van der Waals surface area contributed by atoms with E-state index in [0.29, 0.717) is 25.1 Å². The number of benzene rings is 1. The van der Waals surface area contributed by atoms with Crippen LogP contribution >= 0.6 is 57.6 Å². The molecule has 2 aromatic rings. The van der Waals surface area contributed by atoms with Crippen LogP contribution in [0, 0.1) is 3.77 Å². The van der Waals surface area contributed by atoms with Crippen molar-refractivity contribution in [3.8, 4) is 0 Å². The van der Waals surface area contributed by atoms with Crippen molar-refractivity contribution in [1.29, 1.82) is 0 Å². The highest BCUT2D eigenvalue weighted by atomic mass is 127. The van der Waals surface area contributed by atoms with Crippen LogP contribution in [0.4, 0.5) is 10.5 Å². The van der Waals surface area contributed by atoms with Gasteiger partial charge in [0.15, 0.2) is 3.77 Å². The number of hydrogen-bond donors (Lipinski definition) is 0. The summed E-state index contributed by atoms with van der Waals surface area (Å²) in [6.07, 6.45) is 1.55. The lowest BCUT2D eigenvalue weighted by atomic mass is 10.3. The Balaban J connectivity index is 1.94. The number of anilines is 1. The average molecular weight is 466 g/mol. The van der Waals surface area contributed by atoms with E-state index in [-0.39, 0.29) is 5.02 Å². The van der Waals surface area contributed by atoms with Crippen LogP contribution in [0.1, 0.15) is 5.76 Å². The van der Waals surface area contributed by atoms with Gasteiger partial charge in [-0.3, -0.25) is 9.59 Å². The van der Waals surface area contributed by atoms with E-state index < -0.39 is 11.1 Å². The smallest absolute Gasteiger partial charge is 0.298 e. The van der Waals surface area contributed by atoms with Crippen LogP contribution in [-0.2, 0) is 4.79 Å². The maximum atomic E-state index is 12.4. The molecule has 0 saturated carbocycles. The van der Waals surface area contributed by atoms with Gasteiger partial charge in [-0.25, -0.2) is 4.90 Å². The predicted molar refractivity (Wildman–Crippen MR) is 96.3 cm³/mol. The van der Waals surface area contributed by atoms with Crippen LogP contribution in [0.15, 0.2) is 39.7 Å². The molecule has 0 bridgehead atoms. The summed E-state index contributed by atoms with van der Waals surface area (Å²) in [6.45, 7) is 0. The number of nitrogens with zero attached hydrogens (tertiary/aromatic N) is 1. The number of carbonyl (C=O) groups is 2. The number of carbonyl (C=O) groups excluding carboxylic acids is 2. The SMILES string of the molecule is O=C1S/C(=C\c2ccc(I)o2)C(=O)N1c1ccc(Cl)c(Cl)c1. The molecule has 1 aromatic heterocycles. The molecule has 22 heavy (non-hydrogen) atoms. The molecule has 2 amide bonds. The van der Waals surface area contributed by atoms with E-state index in [9.17, 15) is 9.59 Å². The second kappa shape index (κ2) is 6.27. The van der Waals surface area contributed by atoms with Crippen molar-refractivity contribution >= 4 is 80.5 Å². The molecule has 0 spiro atoms. The van der Waals surface area contributed by atoms with Crippen LogP contribution in [0.3, 0.4) is 0 Å². The quantitative estimate of drug-likeness (QED) is 0.438. The molecule has 8 heteroatoms. The molecule has 112 valence electrons. The second-order valence-corrected chi connectivity index (χ2v) is 7.13. The number of thioether (sulfide) groups is 1. The van der Waals surface area contributed by atoms with Crippen molar-refractivity contribution in [3.63, 3.8) is 0 Å². The van der Waals surface area contributed by atoms with Gasteiger partial charge in [0.1, 0.15) is 5.76 Å². The molecule has 0 aliphatic carbocycles. The highest BCUT2D eigenvalue weighted by Gasteiger charge is 2.36. The van der Waals surface area contributed by atoms with Crippen molar-refractivity contribution in [2.45, 2.75) is 0 Å². The Hall–Kier alpha value is -0.960. The first-order valence-electron chi connectivity index (χ1n) is 5.94. The molecule has 1 aromatic carbocycles. The molecule has 0 radical (unpaired) electrons. The lowest BCUT2D eigenvalue weighted by Crippen LogP contribution is -2.27. The van der Waals surface area contributed by atoms with Crippen molar-refractivity contribution < 1.29 is 14.0 Å². The molecule has 1 fully saturated rings. The van der Waals surface area contributed by atoms with Crippen molar-refractivity contribution in [2.24, 2.45) is 0 Å². The standard InChI is InChI=1S/C14H6Cl2INO3S/c15-9-3-1-7(5-10(9)16)18-13(19)11(22-14(18)20)6-8-2-4-12(17)21-8/h1-6H/b11-6-. The van der Waals surface area contributed by atoms with Crippen molar-refractivity contribution in [2.75, 3.05) is 4.90 Å². The molecule has 1 aliphatic rings. The van der Waals surface area contributed by atoms with Gasteiger partial charge in [-0.2, -0.15) is 0 Å². The topological polar surface area (TPSA) is 50.5 Å². The van der Waals surface area contributed by atoms with Crippen LogP contribution in [0.25, 0.3) is 6.08 Å². The third-order valence-corrected chi connectivity index (χ3v) is 5.01. The van der Waals surface area contributed by atoms with Crippen LogP contribution < -0.4 is 4.90 Å². The Bertz CT molecular complexity index is 818. The summed E-state index contributed by atoms with van der Waals surface area (Å²) in [5, 5.41) is 0.247. The fraction of sp³-hybridized carbons (Fsp3) is 0. The Kier molecular flexibility index (Phi) is 4.54. The van der Waals surface area contributed by atoms with E-state index in [1.54, 1.807) is 30.3 Å². The second-order valence-electron chi connectivity index (χ2n) is 4.26.